The third-order valence-electron chi connectivity index (χ3n) is 7.21. The Bertz CT molecular complexity index is 701. The van der Waals surface area contributed by atoms with Crippen molar-refractivity contribution in [2.45, 2.75) is 44.8 Å². The van der Waals surface area contributed by atoms with E-state index in [1.165, 1.54) is 24.0 Å². The molecule has 0 radical (unpaired) electrons. The van der Waals surface area contributed by atoms with E-state index in [0.717, 1.165) is 38.2 Å². The van der Waals surface area contributed by atoms with Crippen LogP contribution >= 0.6 is 0 Å². The lowest BCUT2D eigenvalue weighted by molar-refractivity contribution is -0.226. The molecule has 2 fully saturated rings. The third-order valence-corrected chi connectivity index (χ3v) is 7.21. The minimum Gasteiger partial charge on any atom is -0.497 e. The maximum atomic E-state index is 6.19. The Morgan fingerprint density at radius 3 is 2.79 bits per heavy atom. The summed E-state index contributed by atoms with van der Waals surface area (Å²) in [6.07, 6.45) is 8.22. The summed E-state index contributed by atoms with van der Waals surface area (Å²) in [5.74, 6) is 1.98. The average molecular weight is 326 g/mol. The first-order chi connectivity index (χ1) is 11.7. The molecule has 3 aliphatic carbocycles. The normalized spacial score (nSPS) is 36.0. The summed E-state index contributed by atoms with van der Waals surface area (Å²) in [5.41, 5.74) is 4.59. The molecule has 1 saturated carbocycles. The largest absolute Gasteiger partial charge is 0.497 e. The van der Waals surface area contributed by atoms with Crippen LogP contribution in [-0.2, 0) is 15.9 Å². The summed E-state index contributed by atoms with van der Waals surface area (Å²) in [7, 11) is 1.75. The Morgan fingerprint density at radius 1 is 1.17 bits per heavy atom. The van der Waals surface area contributed by atoms with Crippen LogP contribution in [0, 0.1) is 17.3 Å². The van der Waals surface area contributed by atoms with Gasteiger partial charge in [0.2, 0.25) is 0 Å². The highest BCUT2D eigenvalue weighted by Gasteiger charge is 2.63. The fraction of sp³-hybridized carbons (Fsp3) is 0.619. The molecule has 1 aromatic carbocycles. The Labute approximate surface area is 144 Å². The van der Waals surface area contributed by atoms with E-state index >= 15 is 0 Å². The summed E-state index contributed by atoms with van der Waals surface area (Å²) in [5, 5.41) is 0. The molecular formula is C21H26O3. The monoisotopic (exact) mass is 326 g/mol. The van der Waals surface area contributed by atoms with Gasteiger partial charge in [-0.3, -0.25) is 0 Å². The number of aryl methyl sites for hydroxylation is 1. The third kappa shape index (κ3) is 1.80. The van der Waals surface area contributed by atoms with Crippen LogP contribution in [0.4, 0.5) is 0 Å². The summed E-state index contributed by atoms with van der Waals surface area (Å²) < 4.78 is 17.8. The van der Waals surface area contributed by atoms with Crippen molar-refractivity contribution in [1.82, 2.24) is 0 Å². The molecule has 1 aromatic rings. The molecule has 0 N–H and O–H groups in total. The number of allylic oxidation sites excluding steroid dienone is 2. The van der Waals surface area contributed by atoms with E-state index in [1.807, 2.05) is 0 Å². The van der Waals surface area contributed by atoms with Crippen LogP contribution in [0.2, 0.25) is 0 Å². The topological polar surface area (TPSA) is 27.7 Å². The van der Waals surface area contributed by atoms with Gasteiger partial charge in [0.05, 0.1) is 20.3 Å². The first kappa shape index (κ1) is 15.0. The highest BCUT2D eigenvalue weighted by molar-refractivity contribution is 5.74. The minimum atomic E-state index is -0.320. The van der Waals surface area contributed by atoms with E-state index in [1.54, 1.807) is 12.7 Å². The summed E-state index contributed by atoms with van der Waals surface area (Å²) in [4.78, 5) is 0. The van der Waals surface area contributed by atoms with E-state index in [0.29, 0.717) is 11.8 Å². The van der Waals surface area contributed by atoms with Crippen molar-refractivity contribution in [3.8, 4) is 5.75 Å². The predicted octanol–water partition coefficient (Wildman–Crippen LogP) is 4.20. The molecule has 1 aliphatic heterocycles. The molecule has 128 valence electrons. The number of rotatable bonds is 1. The van der Waals surface area contributed by atoms with E-state index in [4.69, 9.17) is 14.2 Å². The number of hydrogen-bond donors (Lipinski definition) is 0. The number of ether oxygens (including phenoxy) is 3. The lowest BCUT2D eigenvalue weighted by Gasteiger charge is -2.49. The van der Waals surface area contributed by atoms with Gasteiger partial charge in [-0.2, -0.15) is 0 Å². The molecular weight excluding hydrogens is 300 g/mol. The van der Waals surface area contributed by atoms with Gasteiger partial charge in [-0.1, -0.05) is 19.1 Å². The van der Waals surface area contributed by atoms with Crippen molar-refractivity contribution < 1.29 is 14.2 Å². The van der Waals surface area contributed by atoms with Crippen LogP contribution in [0.25, 0.3) is 5.57 Å². The van der Waals surface area contributed by atoms with Gasteiger partial charge in [0.15, 0.2) is 5.79 Å². The second-order valence-electron chi connectivity index (χ2n) is 8.04. The summed E-state index contributed by atoms with van der Waals surface area (Å²) in [6, 6.07) is 6.59. The molecule has 1 spiro atoms. The van der Waals surface area contributed by atoms with Crippen LogP contribution in [0.3, 0.4) is 0 Å². The van der Waals surface area contributed by atoms with Gasteiger partial charge in [-0.15, -0.1) is 0 Å². The highest BCUT2D eigenvalue weighted by Crippen LogP contribution is 2.64. The van der Waals surface area contributed by atoms with Gasteiger partial charge in [-0.05, 0) is 66.4 Å². The van der Waals surface area contributed by atoms with Crippen molar-refractivity contribution in [3.63, 3.8) is 0 Å². The van der Waals surface area contributed by atoms with Gasteiger partial charge in [0.25, 0.3) is 0 Å². The number of hydrogen-bond acceptors (Lipinski definition) is 3. The molecule has 0 amide bonds. The van der Waals surface area contributed by atoms with E-state index in [-0.39, 0.29) is 11.2 Å². The highest BCUT2D eigenvalue weighted by atomic mass is 16.7. The Balaban J connectivity index is 1.55. The van der Waals surface area contributed by atoms with Gasteiger partial charge in [0, 0.05) is 11.8 Å². The van der Waals surface area contributed by atoms with Gasteiger partial charge >= 0.3 is 0 Å². The van der Waals surface area contributed by atoms with E-state index < -0.39 is 0 Å². The van der Waals surface area contributed by atoms with Crippen molar-refractivity contribution in [1.29, 1.82) is 0 Å². The van der Waals surface area contributed by atoms with Crippen LogP contribution < -0.4 is 4.74 Å². The van der Waals surface area contributed by atoms with Crippen LogP contribution in [-0.4, -0.2) is 26.1 Å². The van der Waals surface area contributed by atoms with Crippen molar-refractivity contribution in [2.75, 3.05) is 20.3 Å². The fourth-order valence-electron chi connectivity index (χ4n) is 5.97. The zero-order valence-corrected chi connectivity index (χ0v) is 14.6. The molecule has 24 heavy (non-hydrogen) atoms. The molecule has 0 unspecified atom stereocenters. The maximum Gasteiger partial charge on any atom is 0.174 e. The smallest absolute Gasteiger partial charge is 0.174 e. The molecule has 3 heteroatoms. The van der Waals surface area contributed by atoms with Gasteiger partial charge < -0.3 is 14.2 Å². The van der Waals surface area contributed by atoms with Crippen molar-refractivity contribution in [3.05, 3.63) is 35.4 Å². The first-order valence-corrected chi connectivity index (χ1v) is 9.32. The average Bonchev–Trinajstić information content (AvgIpc) is 3.21. The first-order valence-electron chi connectivity index (χ1n) is 9.32. The van der Waals surface area contributed by atoms with Crippen LogP contribution in [0.5, 0.6) is 5.75 Å². The SMILES string of the molecule is COc1ccc2c(c1)CC[C@@H]1C2=CC[C@@]2(C)[C@H]1CCC21OCCO1. The van der Waals surface area contributed by atoms with Gasteiger partial charge in [0.1, 0.15) is 5.75 Å². The van der Waals surface area contributed by atoms with Crippen molar-refractivity contribution in [2.24, 2.45) is 17.3 Å². The maximum absolute atomic E-state index is 6.19. The van der Waals surface area contributed by atoms with Crippen molar-refractivity contribution >= 4 is 5.57 Å². The molecule has 1 heterocycles. The van der Waals surface area contributed by atoms with Gasteiger partial charge in [-0.25, -0.2) is 0 Å². The molecule has 1 saturated heterocycles. The summed E-state index contributed by atoms with van der Waals surface area (Å²) in [6.45, 7) is 3.92. The lowest BCUT2D eigenvalue weighted by atomic mass is 9.59. The second kappa shape index (κ2) is 5.09. The lowest BCUT2D eigenvalue weighted by Crippen LogP contribution is -2.49. The zero-order chi connectivity index (χ0) is 16.4. The molecule has 0 bridgehead atoms. The van der Waals surface area contributed by atoms with Crippen LogP contribution in [0.15, 0.2) is 24.3 Å². The number of benzene rings is 1. The standard InChI is InChI=1S/C21H26O3/c1-20-9-7-17-16-6-4-15(22-2)13-14(16)3-5-18(17)19(20)8-10-21(20)23-11-12-24-21/h4,6-7,13,18-19H,3,5,8-12H2,1-2H3/t18-,19+,20+/m1/s1. The summed E-state index contributed by atoms with van der Waals surface area (Å²) >= 11 is 0. The predicted molar refractivity (Wildman–Crippen MR) is 92.9 cm³/mol. The Hall–Kier alpha value is -1.32. The second-order valence-corrected chi connectivity index (χ2v) is 8.04. The van der Waals surface area contributed by atoms with Crippen LogP contribution in [0.1, 0.15) is 43.7 Å². The molecule has 4 aliphatic rings. The Morgan fingerprint density at radius 2 is 2.00 bits per heavy atom. The van der Waals surface area contributed by atoms with E-state index in [2.05, 4.69) is 31.2 Å². The molecule has 3 nitrogen and oxygen atoms in total. The van der Waals surface area contributed by atoms with E-state index in [9.17, 15) is 0 Å². The number of methoxy groups -OCH3 is 1. The Kier molecular flexibility index (Phi) is 3.18. The molecule has 0 aromatic heterocycles. The minimum absolute atomic E-state index is 0.127. The fourth-order valence-corrected chi connectivity index (χ4v) is 5.97. The molecule has 5 rings (SSSR count). The number of fused-ring (bicyclic) bond motifs is 6. The zero-order valence-electron chi connectivity index (χ0n) is 14.6. The quantitative estimate of drug-likeness (QED) is 0.774. The molecule has 3 atom stereocenters.